The third-order valence-corrected chi connectivity index (χ3v) is 2.61. The van der Waals surface area contributed by atoms with Gasteiger partial charge in [0.25, 0.3) is 0 Å². The van der Waals surface area contributed by atoms with E-state index in [0.29, 0.717) is 12.1 Å². The molecule has 0 aromatic heterocycles. The fourth-order valence-corrected chi connectivity index (χ4v) is 1.55. The number of nitrogens with zero attached hydrogens (tertiary/aromatic N) is 1. The summed E-state index contributed by atoms with van der Waals surface area (Å²) in [6.45, 7) is 6.61. The molecule has 1 aromatic carbocycles. The zero-order chi connectivity index (χ0) is 16.8. The van der Waals surface area contributed by atoms with Gasteiger partial charge in [-0.15, -0.1) is 24.0 Å². The molecule has 0 bridgehead atoms. The van der Waals surface area contributed by atoms with Gasteiger partial charge < -0.3 is 15.8 Å². The topological polar surface area (TPSA) is 59.6 Å². The van der Waals surface area contributed by atoms with Crippen molar-refractivity contribution in [3.8, 4) is 5.75 Å². The summed E-state index contributed by atoms with van der Waals surface area (Å²) < 4.78 is 41.7. The lowest BCUT2D eigenvalue weighted by atomic mass is 10.1. The molecule has 0 amide bonds. The van der Waals surface area contributed by atoms with Crippen LogP contribution in [0.1, 0.15) is 18.1 Å². The molecule has 0 fully saturated rings. The van der Waals surface area contributed by atoms with E-state index in [9.17, 15) is 13.2 Å². The van der Waals surface area contributed by atoms with Crippen molar-refractivity contribution in [2.45, 2.75) is 26.6 Å². The van der Waals surface area contributed by atoms with Gasteiger partial charge in [-0.2, -0.15) is 13.2 Å². The Morgan fingerprint density at radius 3 is 2.61 bits per heavy atom. The van der Waals surface area contributed by atoms with Crippen LogP contribution in [0.3, 0.4) is 0 Å². The zero-order valence-electron chi connectivity index (χ0n) is 13.0. The molecule has 0 radical (unpaired) electrons. The van der Waals surface area contributed by atoms with Gasteiger partial charge in [0.2, 0.25) is 0 Å². The van der Waals surface area contributed by atoms with Crippen LogP contribution in [0.5, 0.6) is 5.75 Å². The molecule has 0 aliphatic carbocycles. The van der Waals surface area contributed by atoms with Gasteiger partial charge in [-0.25, -0.2) is 4.99 Å². The number of nitrogens with one attached hydrogen (secondary N) is 1. The van der Waals surface area contributed by atoms with Crippen LogP contribution in [0.2, 0.25) is 0 Å². The minimum absolute atomic E-state index is 0. The summed E-state index contributed by atoms with van der Waals surface area (Å²) in [7, 11) is 0. The molecular weight excluding hydrogens is 422 g/mol. The molecule has 8 heteroatoms. The average molecular weight is 443 g/mol. The Morgan fingerprint density at radius 2 is 2.04 bits per heavy atom. The monoisotopic (exact) mass is 443 g/mol. The highest BCUT2D eigenvalue weighted by Gasteiger charge is 2.28. The second-order valence-corrected chi connectivity index (χ2v) is 5.03. The van der Waals surface area contributed by atoms with Gasteiger partial charge >= 0.3 is 6.18 Å². The predicted octanol–water partition coefficient (Wildman–Crippen LogP) is 3.53. The molecule has 0 heterocycles. The van der Waals surface area contributed by atoms with Crippen molar-refractivity contribution in [2.24, 2.45) is 10.7 Å². The molecule has 23 heavy (non-hydrogen) atoms. The summed E-state index contributed by atoms with van der Waals surface area (Å²) in [6, 6.07) is 5.01. The Kier molecular flexibility index (Phi) is 9.03. The standard InChI is InChI=1S/C15H20F3N3O.HI/c1-10(2)7-20-14(19)21-8-12-5-4-11(3)6-13(12)22-9-15(16,17)18;/h4-6H,1,7-9H2,2-3H3,(H3,19,20,21);1H. The number of aryl methyl sites for hydroxylation is 1. The summed E-state index contributed by atoms with van der Waals surface area (Å²) >= 11 is 0. The summed E-state index contributed by atoms with van der Waals surface area (Å²) in [5.74, 6) is 0.360. The van der Waals surface area contributed by atoms with Gasteiger partial charge in [0, 0.05) is 12.1 Å². The number of halogens is 4. The predicted molar refractivity (Wildman–Crippen MR) is 96.3 cm³/mol. The van der Waals surface area contributed by atoms with Crippen molar-refractivity contribution in [2.75, 3.05) is 13.2 Å². The molecule has 0 atom stereocenters. The first-order chi connectivity index (χ1) is 10.2. The van der Waals surface area contributed by atoms with Crippen LogP contribution in [0, 0.1) is 6.92 Å². The average Bonchev–Trinajstić information content (AvgIpc) is 2.41. The minimum atomic E-state index is -4.38. The quantitative estimate of drug-likeness (QED) is 0.306. The lowest BCUT2D eigenvalue weighted by Gasteiger charge is -2.13. The molecule has 0 spiro atoms. The van der Waals surface area contributed by atoms with Gasteiger partial charge in [0.15, 0.2) is 12.6 Å². The molecule has 0 unspecified atom stereocenters. The maximum Gasteiger partial charge on any atom is 0.422 e. The number of benzene rings is 1. The number of hydrogen-bond acceptors (Lipinski definition) is 2. The van der Waals surface area contributed by atoms with Crippen LogP contribution in [0.25, 0.3) is 0 Å². The van der Waals surface area contributed by atoms with E-state index in [4.69, 9.17) is 10.5 Å². The van der Waals surface area contributed by atoms with Crippen LogP contribution < -0.4 is 15.8 Å². The summed E-state index contributed by atoms with van der Waals surface area (Å²) in [4.78, 5) is 4.08. The normalized spacial score (nSPS) is 11.6. The SMILES string of the molecule is C=C(C)CNC(N)=NCc1ccc(C)cc1OCC(F)(F)F.I. The number of ether oxygens (including phenoxy) is 1. The van der Waals surface area contributed by atoms with Crippen molar-refractivity contribution in [1.29, 1.82) is 0 Å². The molecule has 130 valence electrons. The Labute approximate surface area is 151 Å². The highest BCUT2D eigenvalue weighted by molar-refractivity contribution is 14.0. The van der Waals surface area contributed by atoms with Gasteiger partial charge in [-0.05, 0) is 25.5 Å². The first kappa shape index (κ1) is 21.6. The smallest absolute Gasteiger partial charge is 0.422 e. The fourth-order valence-electron chi connectivity index (χ4n) is 1.55. The first-order valence-corrected chi connectivity index (χ1v) is 6.64. The maximum atomic E-state index is 12.3. The number of hydrogen-bond donors (Lipinski definition) is 2. The highest BCUT2D eigenvalue weighted by atomic mass is 127. The molecule has 0 saturated heterocycles. The highest BCUT2D eigenvalue weighted by Crippen LogP contribution is 2.24. The van der Waals surface area contributed by atoms with E-state index in [0.717, 1.165) is 11.1 Å². The Hall–Kier alpha value is -1.45. The van der Waals surface area contributed by atoms with E-state index in [1.165, 1.54) is 0 Å². The van der Waals surface area contributed by atoms with Crippen molar-refractivity contribution in [1.82, 2.24) is 5.32 Å². The summed E-state index contributed by atoms with van der Waals surface area (Å²) in [5, 5.41) is 2.85. The van der Waals surface area contributed by atoms with Gasteiger partial charge in [-0.1, -0.05) is 24.3 Å². The van der Waals surface area contributed by atoms with E-state index in [-0.39, 0.29) is 42.2 Å². The van der Waals surface area contributed by atoms with Gasteiger partial charge in [0.1, 0.15) is 5.75 Å². The molecule has 1 aromatic rings. The van der Waals surface area contributed by atoms with Crippen LogP contribution >= 0.6 is 24.0 Å². The maximum absolute atomic E-state index is 12.3. The third-order valence-electron chi connectivity index (χ3n) is 2.61. The third kappa shape index (κ3) is 9.32. The number of nitrogens with two attached hydrogens (primary N) is 1. The molecule has 0 aliphatic heterocycles. The van der Waals surface area contributed by atoms with E-state index in [1.54, 1.807) is 25.1 Å². The Balaban J connectivity index is 0.00000484. The van der Waals surface area contributed by atoms with Crippen LogP contribution in [0.15, 0.2) is 35.3 Å². The van der Waals surface area contributed by atoms with Crippen molar-refractivity contribution in [3.63, 3.8) is 0 Å². The van der Waals surface area contributed by atoms with Crippen molar-refractivity contribution < 1.29 is 17.9 Å². The van der Waals surface area contributed by atoms with E-state index < -0.39 is 12.8 Å². The van der Waals surface area contributed by atoms with Crippen LogP contribution in [0.4, 0.5) is 13.2 Å². The molecule has 0 saturated carbocycles. The summed E-state index contributed by atoms with van der Waals surface area (Å²) in [6.07, 6.45) is -4.38. The van der Waals surface area contributed by atoms with Crippen molar-refractivity contribution >= 4 is 29.9 Å². The lowest BCUT2D eigenvalue weighted by molar-refractivity contribution is -0.153. The fraction of sp³-hybridized carbons (Fsp3) is 0.400. The van der Waals surface area contributed by atoms with E-state index in [1.807, 2.05) is 6.92 Å². The van der Waals surface area contributed by atoms with Crippen molar-refractivity contribution in [3.05, 3.63) is 41.5 Å². The molecule has 4 nitrogen and oxygen atoms in total. The second kappa shape index (κ2) is 9.64. The lowest BCUT2D eigenvalue weighted by Crippen LogP contribution is -2.32. The van der Waals surface area contributed by atoms with Gasteiger partial charge in [-0.3, -0.25) is 0 Å². The minimum Gasteiger partial charge on any atom is -0.484 e. The number of rotatable bonds is 6. The van der Waals surface area contributed by atoms with E-state index in [2.05, 4.69) is 16.9 Å². The van der Waals surface area contributed by atoms with E-state index >= 15 is 0 Å². The first-order valence-electron chi connectivity index (χ1n) is 6.64. The Bertz CT molecular complexity index is 559. The number of alkyl halides is 3. The van der Waals surface area contributed by atoms with Gasteiger partial charge in [0.05, 0.1) is 6.54 Å². The van der Waals surface area contributed by atoms with Crippen LogP contribution in [-0.2, 0) is 6.54 Å². The molecule has 3 N–H and O–H groups in total. The molecular formula is C15H21F3IN3O. The largest absolute Gasteiger partial charge is 0.484 e. The molecule has 0 aliphatic rings. The number of guanidine groups is 1. The zero-order valence-corrected chi connectivity index (χ0v) is 15.4. The Morgan fingerprint density at radius 1 is 1.39 bits per heavy atom. The van der Waals surface area contributed by atoms with Crippen LogP contribution in [-0.4, -0.2) is 25.3 Å². The second-order valence-electron chi connectivity index (χ2n) is 5.03. The number of aliphatic imine (C=N–C) groups is 1. The summed E-state index contributed by atoms with van der Waals surface area (Å²) in [5.41, 5.74) is 7.90. The molecule has 1 rings (SSSR count).